The Labute approximate surface area is 87.5 Å². The Bertz CT molecular complexity index is 421. The third kappa shape index (κ3) is 1.98. The molecule has 0 saturated heterocycles. The van der Waals surface area contributed by atoms with Gasteiger partial charge in [0, 0.05) is 0 Å². The molecule has 0 saturated carbocycles. The van der Waals surface area contributed by atoms with Gasteiger partial charge in [-0.25, -0.2) is 4.79 Å². The highest BCUT2D eigenvalue weighted by Gasteiger charge is 2.22. The normalized spacial score (nSPS) is 9.80. The summed E-state index contributed by atoms with van der Waals surface area (Å²) in [6, 6.07) is 3.49. The number of Topliss-reactive ketones (excluding diaryl/α,β-unsaturated/α-hetero) is 1. The minimum absolute atomic E-state index is 0.130. The van der Waals surface area contributed by atoms with Gasteiger partial charge in [0.15, 0.2) is 0 Å². The fourth-order valence-corrected chi connectivity index (χ4v) is 1.44. The lowest BCUT2D eigenvalue weighted by atomic mass is 10.0. The van der Waals surface area contributed by atoms with Crippen LogP contribution in [0.25, 0.3) is 0 Å². The lowest BCUT2D eigenvalue weighted by molar-refractivity contribution is -0.131. The Hall–Kier alpha value is -1.84. The van der Waals surface area contributed by atoms with E-state index < -0.39 is 11.8 Å². The van der Waals surface area contributed by atoms with Gasteiger partial charge in [0.05, 0.1) is 12.7 Å². The maximum atomic E-state index is 11.4. The van der Waals surface area contributed by atoms with Crippen molar-refractivity contribution in [2.24, 2.45) is 0 Å². The minimum Gasteiger partial charge on any atom is -0.496 e. The van der Waals surface area contributed by atoms with Gasteiger partial charge in [-0.1, -0.05) is 12.1 Å². The van der Waals surface area contributed by atoms with Gasteiger partial charge in [-0.2, -0.15) is 0 Å². The first kappa shape index (κ1) is 11.2. The van der Waals surface area contributed by atoms with Crippen LogP contribution in [0, 0.1) is 13.8 Å². The third-order valence-corrected chi connectivity index (χ3v) is 2.19. The molecule has 0 aromatic heterocycles. The first-order valence-electron chi connectivity index (χ1n) is 4.40. The van der Waals surface area contributed by atoms with Gasteiger partial charge in [-0.3, -0.25) is 4.79 Å². The molecule has 0 bridgehead atoms. The summed E-state index contributed by atoms with van der Waals surface area (Å²) in [7, 11) is 1.42. The summed E-state index contributed by atoms with van der Waals surface area (Å²) in [5.41, 5.74) is 1.47. The smallest absolute Gasteiger partial charge is 0.377 e. The van der Waals surface area contributed by atoms with E-state index in [1.165, 1.54) is 7.11 Å². The van der Waals surface area contributed by atoms with Gasteiger partial charge in [-0.05, 0) is 25.0 Å². The predicted molar refractivity (Wildman–Crippen MR) is 54.4 cm³/mol. The number of aliphatic carboxylic acids is 1. The highest BCUT2D eigenvalue weighted by Crippen LogP contribution is 2.26. The molecule has 0 aliphatic heterocycles. The van der Waals surface area contributed by atoms with Crippen molar-refractivity contribution >= 4 is 11.8 Å². The molecule has 4 nitrogen and oxygen atoms in total. The van der Waals surface area contributed by atoms with Crippen molar-refractivity contribution in [3.05, 3.63) is 28.8 Å². The van der Waals surface area contributed by atoms with Gasteiger partial charge < -0.3 is 9.84 Å². The lowest BCUT2D eigenvalue weighted by Gasteiger charge is -2.11. The lowest BCUT2D eigenvalue weighted by Crippen LogP contribution is -2.15. The van der Waals surface area contributed by atoms with E-state index in [4.69, 9.17) is 9.84 Å². The second kappa shape index (κ2) is 4.13. The molecule has 1 rings (SSSR count). The summed E-state index contributed by atoms with van der Waals surface area (Å²) >= 11 is 0. The van der Waals surface area contributed by atoms with Crippen molar-refractivity contribution in [2.75, 3.05) is 7.11 Å². The molecule has 0 unspecified atom stereocenters. The zero-order chi connectivity index (χ0) is 11.6. The van der Waals surface area contributed by atoms with Crippen molar-refractivity contribution in [1.82, 2.24) is 0 Å². The fraction of sp³-hybridized carbons (Fsp3) is 0.273. The highest BCUT2D eigenvalue weighted by molar-refractivity contribution is 6.41. The number of hydrogen-bond donors (Lipinski definition) is 1. The van der Waals surface area contributed by atoms with Crippen molar-refractivity contribution < 1.29 is 19.4 Å². The molecular formula is C11H12O4. The number of carbonyl (C=O) groups is 2. The Morgan fingerprint density at radius 3 is 2.20 bits per heavy atom. The zero-order valence-electron chi connectivity index (χ0n) is 8.83. The van der Waals surface area contributed by atoms with Crippen LogP contribution in [-0.2, 0) is 4.79 Å². The van der Waals surface area contributed by atoms with E-state index in [-0.39, 0.29) is 5.56 Å². The Balaban J connectivity index is 3.44. The van der Waals surface area contributed by atoms with Crippen LogP contribution in [0.15, 0.2) is 12.1 Å². The Morgan fingerprint density at radius 2 is 1.73 bits per heavy atom. The maximum absolute atomic E-state index is 11.4. The quantitative estimate of drug-likeness (QED) is 0.605. The summed E-state index contributed by atoms with van der Waals surface area (Å²) in [4.78, 5) is 22.0. The van der Waals surface area contributed by atoms with Crippen LogP contribution >= 0.6 is 0 Å². The van der Waals surface area contributed by atoms with Crippen LogP contribution in [0.4, 0.5) is 0 Å². The first-order chi connectivity index (χ1) is 6.99. The van der Waals surface area contributed by atoms with Crippen molar-refractivity contribution in [2.45, 2.75) is 13.8 Å². The Kier molecular flexibility index (Phi) is 3.09. The number of ketones is 1. The molecule has 0 aliphatic carbocycles. The summed E-state index contributed by atoms with van der Waals surface area (Å²) in [5.74, 6) is -2.07. The van der Waals surface area contributed by atoms with E-state index in [0.717, 1.165) is 5.56 Å². The van der Waals surface area contributed by atoms with Crippen LogP contribution in [0.3, 0.4) is 0 Å². The highest BCUT2D eigenvalue weighted by atomic mass is 16.5. The summed E-state index contributed by atoms with van der Waals surface area (Å²) in [6.07, 6.45) is 0. The molecule has 0 aliphatic rings. The number of carboxylic acid groups (broad SMARTS) is 1. The summed E-state index contributed by atoms with van der Waals surface area (Å²) in [5, 5.41) is 8.67. The molecule has 1 N–H and O–H groups in total. The van der Waals surface area contributed by atoms with Crippen molar-refractivity contribution in [3.63, 3.8) is 0 Å². The molecule has 1 aromatic carbocycles. The number of carboxylic acids is 1. The summed E-state index contributed by atoms with van der Waals surface area (Å²) in [6.45, 7) is 3.44. The molecule has 0 fully saturated rings. The van der Waals surface area contributed by atoms with E-state index in [0.29, 0.717) is 11.3 Å². The molecule has 0 amide bonds. The van der Waals surface area contributed by atoms with Crippen LogP contribution in [-0.4, -0.2) is 24.0 Å². The largest absolute Gasteiger partial charge is 0.496 e. The third-order valence-electron chi connectivity index (χ3n) is 2.19. The molecule has 80 valence electrons. The molecule has 0 radical (unpaired) electrons. The van der Waals surface area contributed by atoms with Crippen molar-refractivity contribution in [3.8, 4) is 5.75 Å². The van der Waals surface area contributed by atoms with Gasteiger partial charge in [0.2, 0.25) is 0 Å². The number of rotatable bonds is 3. The van der Waals surface area contributed by atoms with Crippen LogP contribution in [0.2, 0.25) is 0 Å². The number of benzene rings is 1. The number of methoxy groups -OCH3 is 1. The zero-order valence-corrected chi connectivity index (χ0v) is 8.83. The van der Waals surface area contributed by atoms with E-state index in [1.54, 1.807) is 26.0 Å². The number of hydrogen-bond acceptors (Lipinski definition) is 3. The standard InChI is InChI=1S/C11H12O4/c1-6-4-5-7(2)10(15-3)8(6)9(12)11(13)14/h4-5H,1-3H3,(H,13,14). The minimum atomic E-state index is -1.47. The second-order valence-corrected chi connectivity index (χ2v) is 3.24. The van der Waals surface area contributed by atoms with E-state index in [2.05, 4.69) is 0 Å². The molecule has 15 heavy (non-hydrogen) atoms. The predicted octanol–water partition coefficient (Wildman–Crippen LogP) is 1.58. The molecule has 1 aromatic rings. The number of aryl methyl sites for hydroxylation is 2. The first-order valence-corrected chi connectivity index (χ1v) is 4.40. The monoisotopic (exact) mass is 208 g/mol. The summed E-state index contributed by atoms with van der Waals surface area (Å²) < 4.78 is 5.04. The van der Waals surface area contributed by atoms with Gasteiger partial charge in [-0.15, -0.1) is 0 Å². The van der Waals surface area contributed by atoms with E-state index in [1.807, 2.05) is 0 Å². The Morgan fingerprint density at radius 1 is 1.20 bits per heavy atom. The van der Waals surface area contributed by atoms with Crippen LogP contribution < -0.4 is 4.74 Å². The van der Waals surface area contributed by atoms with Crippen LogP contribution in [0.5, 0.6) is 5.75 Å². The van der Waals surface area contributed by atoms with Gasteiger partial charge >= 0.3 is 5.97 Å². The average molecular weight is 208 g/mol. The van der Waals surface area contributed by atoms with Crippen LogP contribution in [0.1, 0.15) is 21.5 Å². The topological polar surface area (TPSA) is 63.6 Å². The molecule has 0 atom stereocenters. The average Bonchev–Trinajstić information content (AvgIpc) is 2.19. The van der Waals surface area contributed by atoms with Crippen molar-refractivity contribution in [1.29, 1.82) is 0 Å². The maximum Gasteiger partial charge on any atom is 0.377 e. The molecule has 0 spiro atoms. The molecule has 4 heteroatoms. The SMILES string of the molecule is COc1c(C)ccc(C)c1C(=O)C(=O)O. The van der Waals surface area contributed by atoms with Gasteiger partial charge in [0.25, 0.3) is 5.78 Å². The van der Waals surface area contributed by atoms with E-state index >= 15 is 0 Å². The number of ether oxygens (including phenoxy) is 1. The molecular weight excluding hydrogens is 196 g/mol. The van der Waals surface area contributed by atoms with Gasteiger partial charge in [0.1, 0.15) is 5.75 Å². The fourth-order valence-electron chi connectivity index (χ4n) is 1.44. The molecule has 0 heterocycles. The second-order valence-electron chi connectivity index (χ2n) is 3.24. The van der Waals surface area contributed by atoms with E-state index in [9.17, 15) is 9.59 Å². The number of carbonyl (C=O) groups excluding carboxylic acids is 1.